The molecule has 1 aromatic heterocycles. The highest BCUT2D eigenvalue weighted by Crippen LogP contribution is 2.28. The van der Waals surface area contributed by atoms with Crippen molar-refractivity contribution in [2.45, 2.75) is 44.9 Å². The Morgan fingerprint density at radius 1 is 1.33 bits per heavy atom. The standard InChI is InChI=1S/C21H26FN3O5/c1-3-14(10-15(11-18(26)27)19(28)20(22)23)17-7-8-24-25(21(17)29)12-13-5-4-6-16(9-13)30-2/h4-9,14-15,20H,3,10-12,23H2,1-2H3,(H,26,27). The Morgan fingerprint density at radius 3 is 2.67 bits per heavy atom. The van der Waals surface area contributed by atoms with E-state index < -0.39 is 36.3 Å². The van der Waals surface area contributed by atoms with Crippen LogP contribution < -0.4 is 16.0 Å². The summed E-state index contributed by atoms with van der Waals surface area (Å²) in [4.78, 5) is 36.2. The topological polar surface area (TPSA) is 125 Å². The van der Waals surface area contributed by atoms with E-state index in [-0.39, 0.29) is 18.5 Å². The molecule has 30 heavy (non-hydrogen) atoms. The number of benzene rings is 1. The molecular formula is C21H26FN3O5. The molecule has 0 aliphatic rings. The molecule has 0 fully saturated rings. The normalized spacial score (nSPS) is 14.0. The Bertz CT molecular complexity index is 944. The summed E-state index contributed by atoms with van der Waals surface area (Å²) in [7, 11) is 1.55. The van der Waals surface area contributed by atoms with Gasteiger partial charge < -0.3 is 9.84 Å². The molecule has 1 heterocycles. The molecule has 3 N–H and O–H groups in total. The van der Waals surface area contributed by atoms with Crippen LogP contribution >= 0.6 is 0 Å². The summed E-state index contributed by atoms with van der Waals surface area (Å²) in [6.07, 6.45) is -0.847. The first-order valence-electron chi connectivity index (χ1n) is 9.60. The predicted octanol–water partition coefficient (Wildman–Crippen LogP) is 2.10. The molecule has 0 aliphatic carbocycles. The van der Waals surface area contributed by atoms with Crippen LogP contribution in [0.4, 0.5) is 4.39 Å². The van der Waals surface area contributed by atoms with Crippen molar-refractivity contribution in [3.05, 3.63) is 58.0 Å². The van der Waals surface area contributed by atoms with Crippen LogP contribution in [0.25, 0.3) is 0 Å². The van der Waals surface area contributed by atoms with Gasteiger partial charge in [-0.25, -0.2) is 9.07 Å². The third-order valence-electron chi connectivity index (χ3n) is 5.00. The number of carboxylic acid groups (broad SMARTS) is 1. The molecule has 0 radical (unpaired) electrons. The quantitative estimate of drug-likeness (QED) is 0.534. The Labute approximate surface area is 173 Å². The number of carbonyl (C=O) groups excluding carboxylic acids is 1. The van der Waals surface area contributed by atoms with Crippen LogP contribution in [0.15, 0.2) is 41.3 Å². The van der Waals surface area contributed by atoms with E-state index >= 15 is 0 Å². The molecule has 3 atom stereocenters. The van der Waals surface area contributed by atoms with Crippen molar-refractivity contribution in [1.29, 1.82) is 0 Å². The number of aliphatic carboxylic acids is 1. The van der Waals surface area contributed by atoms with Crippen molar-refractivity contribution in [2.75, 3.05) is 7.11 Å². The molecule has 0 aliphatic heterocycles. The molecule has 9 heteroatoms. The van der Waals surface area contributed by atoms with Crippen LogP contribution in [0, 0.1) is 5.92 Å². The predicted molar refractivity (Wildman–Crippen MR) is 108 cm³/mol. The molecule has 3 unspecified atom stereocenters. The zero-order valence-electron chi connectivity index (χ0n) is 17.0. The van der Waals surface area contributed by atoms with Crippen LogP contribution in [0.1, 0.15) is 43.2 Å². The molecule has 162 valence electrons. The summed E-state index contributed by atoms with van der Waals surface area (Å²) in [5.41, 5.74) is 5.90. The number of hydrogen-bond acceptors (Lipinski definition) is 6. The van der Waals surface area contributed by atoms with Crippen molar-refractivity contribution in [1.82, 2.24) is 9.78 Å². The second-order valence-electron chi connectivity index (χ2n) is 7.04. The van der Waals surface area contributed by atoms with Gasteiger partial charge >= 0.3 is 5.97 Å². The first-order chi connectivity index (χ1) is 14.3. The van der Waals surface area contributed by atoms with Gasteiger partial charge in [-0.1, -0.05) is 19.1 Å². The summed E-state index contributed by atoms with van der Waals surface area (Å²) >= 11 is 0. The number of carboxylic acids is 1. The van der Waals surface area contributed by atoms with Gasteiger partial charge in [-0.3, -0.25) is 20.1 Å². The first kappa shape index (κ1) is 23.2. The lowest BCUT2D eigenvalue weighted by atomic mass is 9.84. The van der Waals surface area contributed by atoms with E-state index in [0.29, 0.717) is 17.7 Å². The molecule has 1 aromatic carbocycles. The fourth-order valence-electron chi connectivity index (χ4n) is 3.43. The molecule has 2 aromatic rings. The second kappa shape index (κ2) is 10.6. The van der Waals surface area contributed by atoms with Crippen LogP contribution in [0.2, 0.25) is 0 Å². The lowest BCUT2D eigenvalue weighted by Gasteiger charge is -2.21. The number of aromatic nitrogens is 2. The third-order valence-corrected chi connectivity index (χ3v) is 5.00. The van der Waals surface area contributed by atoms with Gasteiger partial charge in [0, 0.05) is 17.7 Å². The Hall–Kier alpha value is -3.07. The molecule has 0 amide bonds. The number of carbonyl (C=O) groups is 2. The van der Waals surface area contributed by atoms with Gasteiger partial charge in [0.1, 0.15) is 5.75 Å². The van der Waals surface area contributed by atoms with E-state index in [1.165, 1.54) is 10.9 Å². The van der Waals surface area contributed by atoms with Crippen LogP contribution in [-0.2, 0) is 16.1 Å². The summed E-state index contributed by atoms with van der Waals surface area (Å²) < 4.78 is 19.8. The molecule has 2 rings (SSSR count). The van der Waals surface area contributed by atoms with E-state index in [4.69, 9.17) is 15.6 Å². The number of rotatable bonds is 11. The van der Waals surface area contributed by atoms with Crippen LogP contribution in [0.3, 0.4) is 0 Å². The number of alkyl halides is 1. The monoisotopic (exact) mass is 419 g/mol. The maximum atomic E-state index is 13.3. The Morgan fingerprint density at radius 2 is 2.07 bits per heavy atom. The molecule has 8 nitrogen and oxygen atoms in total. The first-order valence-corrected chi connectivity index (χ1v) is 9.60. The maximum Gasteiger partial charge on any atom is 0.304 e. The van der Waals surface area contributed by atoms with Gasteiger partial charge in [-0.05, 0) is 42.5 Å². The largest absolute Gasteiger partial charge is 0.497 e. The van der Waals surface area contributed by atoms with E-state index in [0.717, 1.165) is 5.56 Å². The zero-order valence-corrected chi connectivity index (χ0v) is 17.0. The summed E-state index contributed by atoms with van der Waals surface area (Å²) in [5, 5.41) is 13.2. The zero-order chi connectivity index (χ0) is 22.3. The summed E-state index contributed by atoms with van der Waals surface area (Å²) in [6, 6.07) is 8.78. The van der Waals surface area contributed by atoms with E-state index in [2.05, 4.69) is 5.10 Å². The van der Waals surface area contributed by atoms with Gasteiger partial charge in [0.05, 0.1) is 20.1 Å². The lowest BCUT2D eigenvalue weighted by molar-refractivity contribution is -0.141. The second-order valence-corrected chi connectivity index (χ2v) is 7.04. The van der Waals surface area contributed by atoms with Crippen molar-refractivity contribution < 1.29 is 23.8 Å². The van der Waals surface area contributed by atoms with Gasteiger partial charge in [0.2, 0.25) is 6.30 Å². The highest BCUT2D eigenvalue weighted by molar-refractivity contribution is 5.87. The average Bonchev–Trinajstić information content (AvgIpc) is 2.72. The smallest absolute Gasteiger partial charge is 0.304 e. The average molecular weight is 419 g/mol. The number of nitrogens with two attached hydrogens (primary N) is 1. The van der Waals surface area contributed by atoms with Gasteiger partial charge in [-0.2, -0.15) is 5.10 Å². The number of hydrogen-bond donors (Lipinski definition) is 2. The van der Waals surface area contributed by atoms with Gasteiger partial charge in [-0.15, -0.1) is 0 Å². The molecule has 0 bridgehead atoms. The number of Topliss-reactive ketones (excluding diaryl/α,β-unsaturated/α-hetero) is 1. The van der Waals surface area contributed by atoms with Crippen LogP contribution in [-0.4, -0.2) is 40.0 Å². The minimum Gasteiger partial charge on any atom is -0.497 e. The Kier molecular flexibility index (Phi) is 8.23. The van der Waals surface area contributed by atoms with Gasteiger partial charge in [0.25, 0.3) is 5.56 Å². The van der Waals surface area contributed by atoms with Crippen molar-refractivity contribution in [3.8, 4) is 5.75 Å². The fraction of sp³-hybridized carbons (Fsp3) is 0.429. The van der Waals surface area contributed by atoms with Crippen molar-refractivity contribution in [3.63, 3.8) is 0 Å². The fourth-order valence-corrected chi connectivity index (χ4v) is 3.43. The minimum atomic E-state index is -2.26. The molecule has 0 saturated heterocycles. The van der Waals surface area contributed by atoms with Crippen LogP contribution in [0.5, 0.6) is 5.75 Å². The highest BCUT2D eigenvalue weighted by atomic mass is 19.1. The lowest BCUT2D eigenvalue weighted by Crippen LogP contribution is -2.35. The maximum absolute atomic E-state index is 13.3. The molecule has 0 spiro atoms. The number of nitrogens with zero attached hydrogens (tertiary/aromatic N) is 2. The SMILES string of the molecule is CCC(CC(CC(=O)O)C(=O)C(N)F)c1ccnn(Cc2cccc(OC)c2)c1=O. The van der Waals surface area contributed by atoms with E-state index in [9.17, 15) is 18.8 Å². The summed E-state index contributed by atoms with van der Waals surface area (Å²) in [6.45, 7) is 2.03. The van der Waals surface area contributed by atoms with Gasteiger partial charge in [0.15, 0.2) is 5.78 Å². The van der Waals surface area contributed by atoms with Crippen molar-refractivity contribution in [2.24, 2.45) is 11.7 Å². The molecule has 0 saturated carbocycles. The van der Waals surface area contributed by atoms with E-state index in [1.807, 2.05) is 13.0 Å². The number of methoxy groups -OCH3 is 1. The number of ketones is 1. The molecular weight excluding hydrogens is 393 g/mol. The highest BCUT2D eigenvalue weighted by Gasteiger charge is 2.30. The number of halogens is 1. The number of ether oxygens (including phenoxy) is 1. The van der Waals surface area contributed by atoms with Crippen molar-refractivity contribution >= 4 is 11.8 Å². The Balaban J connectivity index is 2.31. The third kappa shape index (κ3) is 5.96. The van der Waals surface area contributed by atoms with E-state index in [1.54, 1.807) is 31.4 Å². The summed E-state index contributed by atoms with van der Waals surface area (Å²) in [5.74, 6) is -3.10. The minimum absolute atomic E-state index is 0.0116.